The molecule has 0 spiro atoms. The molecule has 41 heavy (non-hydrogen) atoms. The van der Waals surface area contributed by atoms with Gasteiger partial charge in [0.15, 0.2) is 11.6 Å². The molecule has 2 aromatic carbocycles. The van der Waals surface area contributed by atoms with E-state index in [-0.39, 0.29) is 34.4 Å². The highest BCUT2D eigenvalue weighted by atomic mass is 19.1. The number of amides is 1. The van der Waals surface area contributed by atoms with Crippen LogP contribution in [-0.2, 0) is 17.8 Å². The summed E-state index contributed by atoms with van der Waals surface area (Å²) in [6.45, 7) is 5.95. The summed E-state index contributed by atoms with van der Waals surface area (Å²) in [5, 5.41) is 15.7. The molecule has 0 saturated carbocycles. The zero-order valence-electron chi connectivity index (χ0n) is 23.6. The minimum absolute atomic E-state index is 0.0301. The van der Waals surface area contributed by atoms with Crippen molar-refractivity contribution >= 4 is 28.6 Å². The average molecular weight is 555 g/mol. The number of hydrogen-bond acceptors (Lipinski definition) is 7. The SMILES string of the molecule is CNc1ncc2cc(-c3cccc(OC)c3F)c(=O)n(CCc3cccc(NC(=O)C(C#N)=CC(C)(C)C)c3)c2n1. The molecule has 4 rings (SSSR count). The number of nitrogens with zero attached hydrogens (tertiary/aromatic N) is 4. The van der Waals surface area contributed by atoms with Crippen molar-refractivity contribution in [3.8, 4) is 22.9 Å². The number of anilines is 2. The van der Waals surface area contributed by atoms with Crippen molar-refractivity contribution in [1.29, 1.82) is 5.26 Å². The van der Waals surface area contributed by atoms with Gasteiger partial charge in [0.2, 0.25) is 5.95 Å². The molecule has 0 aliphatic rings. The van der Waals surface area contributed by atoms with Crippen molar-refractivity contribution in [3.63, 3.8) is 0 Å². The number of benzene rings is 2. The highest BCUT2D eigenvalue weighted by Gasteiger charge is 2.19. The Morgan fingerprint density at radius 2 is 1.93 bits per heavy atom. The highest BCUT2D eigenvalue weighted by molar-refractivity contribution is 6.06. The third-order valence-corrected chi connectivity index (χ3v) is 6.28. The number of carbonyl (C=O) groups is 1. The number of nitriles is 1. The lowest BCUT2D eigenvalue weighted by atomic mass is 9.93. The fraction of sp³-hybridized carbons (Fsp3) is 0.258. The molecule has 1 amide bonds. The van der Waals surface area contributed by atoms with E-state index in [1.807, 2.05) is 32.9 Å². The number of allylic oxidation sites excluding steroid dienone is 1. The van der Waals surface area contributed by atoms with Crippen LogP contribution in [0, 0.1) is 22.6 Å². The Bertz CT molecular complexity index is 1750. The first-order valence-electron chi connectivity index (χ1n) is 13.0. The Hall–Kier alpha value is -5.04. The number of hydrogen-bond donors (Lipinski definition) is 2. The molecule has 9 nitrogen and oxygen atoms in total. The summed E-state index contributed by atoms with van der Waals surface area (Å²) in [7, 11) is 3.05. The summed E-state index contributed by atoms with van der Waals surface area (Å²) in [6, 6.07) is 15.4. The third-order valence-electron chi connectivity index (χ3n) is 6.28. The van der Waals surface area contributed by atoms with Crippen LogP contribution in [0.4, 0.5) is 16.0 Å². The van der Waals surface area contributed by atoms with Crippen LogP contribution >= 0.6 is 0 Å². The maximum Gasteiger partial charge on any atom is 0.265 e. The van der Waals surface area contributed by atoms with E-state index >= 15 is 4.39 Å². The van der Waals surface area contributed by atoms with E-state index < -0.39 is 17.3 Å². The number of ether oxygens (including phenoxy) is 1. The van der Waals surface area contributed by atoms with Crippen LogP contribution in [0.5, 0.6) is 5.75 Å². The van der Waals surface area contributed by atoms with E-state index in [1.165, 1.54) is 23.8 Å². The number of rotatable bonds is 8. The summed E-state index contributed by atoms with van der Waals surface area (Å²) in [4.78, 5) is 35.2. The van der Waals surface area contributed by atoms with E-state index in [0.29, 0.717) is 29.1 Å². The monoisotopic (exact) mass is 554 g/mol. The molecule has 2 aromatic heterocycles. The fourth-order valence-electron chi connectivity index (χ4n) is 4.38. The maximum absolute atomic E-state index is 15.2. The first kappa shape index (κ1) is 29.0. The number of fused-ring (bicyclic) bond motifs is 1. The van der Waals surface area contributed by atoms with Crippen LogP contribution in [0.15, 0.2) is 71.2 Å². The second-order valence-corrected chi connectivity index (χ2v) is 10.5. The first-order valence-corrected chi connectivity index (χ1v) is 13.0. The number of aryl methyl sites for hydroxylation is 2. The number of halogens is 1. The molecular weight excluding hydrogens is 523 g/mol. The van der Waals surface area contributed by atoms with E-state index in [9.17, 15) is 14.9 Å². The van der Waals surface area contributed by atoms with E-state index in [0.717, 1.165) is 5.56 Å². The molecule has 0 fully saturated rings. The fourth-order valence-corrected chi connectivity index (χ4v) is 4.38. The van der Waals surface area contributed by atoms with Gasteiger partial charge in [-0.05, 0) is 41.7 Å². The molecule has 0 bridgehead atoms. The van der Waals surface area contributed by atoms with Crippen LogP contribution in [0.3, 0.4) is 0 Å². The van der Waals surface area contributed by atoms with Gasteiger partial charge in [-0.1, -0.05) is 51.1 Å². The van der Waals surface area contributed by atoms with Crippen molar-refractivity contribution < 1.29 is 13.9 Å². The molecule has 4 aromatic rings. The minimum atomic E-state index is -0.633. The van der Waals surface area contributed by atoms with Crippen LogP contribution < -0.4 is 20.9 Å². The largest absolute Gasteiger partial charge is 0.494 e. The molecule has 0 aliphatic carbocycles. The molecule has 210 valence electrons. The van der Waals surface area contributed by atoms with Gasteiger partial charge in [0, 0.05) is 36.4 Å². The quantitative estimate of drug-likeness (QED) is 0.223. The van der Waals surface area contributed by atoms with E-state index in [2.05, 4.69) is 20.6 Å². The van der Waals surface area contributed by atoms with Gasteiger partial charge in [-0.3, -0.25) is 14.2 Å². The van der Waals surface area contributed by atoms with Gasteiger partial charge >= 0.3 is 0 Å². The normalized spacial score (nSPS) is 11.7. The molecular formula is C31H31FN6O3. The molecule has 0 aliphatic heterocycles. The lowest BCUT2D eigenvalue weighted by Crippen LogP contribution is -2.24. The van der Waals surface area contributed by atoms with Gasteiger partial charge in [0.25, 0.3) is 11.5 Å². The molecule has 10 heteroatoms. The highest BCUT2D eigenvalue weighted by Crippen LogP contribution is 2.29. The number of pyridine rings is 1. The molecule has 2 heterocycles. The lowest BCUT2D eigenvalue weighted by molar-refractivity contribution is -0.112. The van der Waals surface area contributed by atoms with Gasteiger partial charge in [0.05, 0.1) is 12.7 Å². The molecule has 0 atom stereocenters. The maximum atomic E-state index is 15.2. The third kappa shape index (κ3) is 6.58. The van der Waals surface area contributed by atoms with Crippen LogP contribution in [0.25, 0.3) is 22.2 Å². The number of nitrogens with one attached hydrogen (secondary N) is 2. The van der Waals surface area contributed by atoms with Crippen LogP contribution in [0.2, 0.25) is 0 Å². The Morgan fingerprint density at radius 3 is 2.61 bits per heavy atom. The number of methoxy groups -OCH3 is 1. The van der Waals surface area contributed by atoms with Gasteiger partial charge in [0.1, 0.15) is 17.3 Å². The van der Waals surface area contributed by atoms with Gasteiger partial charge in [-0.2, -0.15) is 10.2 Å². The average Bonchev–Trinajstić information content (AvgIpc) is 2.95. The Kier molecular flexibility index (Phi) is 8.48. The number of aromatic nitrogens is 3. The van der Waals surface area contributed by atoms with Crippen LogP contribution in [-0.4, -0.2) is 34.6 Å². The van der Waals surface area contributed by atoms with E-state index in [1.54, 1.807) is 49.7 Å². The zero-order chi connectivity index (χ0) is 29.7. The summed E-state index contributed by atoms with van der Waals surface area (Å²) in [6.07, 6.45) is 3.62. The van der Waals surface area contributed by atoms with Crippen molar-refractivity contribution in [1.82, 2.24) is 14.5 Å². The second-order valence-electron chi connectivity index (χ2n) is 10.5. The molecule has 2 N–H and O–H groups in total. The zero-order valence-corrected chi connectivity index (χ0v) is 23.6. The van der Waals surface area contributed by atoms with Gasteiger partial charge in [-0.15, -0.1) is 0 Å². The van der Waals surface area contributed by atoms with Crippen molar-refractivity contribution in [3.05, 3.63) is 88.1 Å². The van der Waals surface area contributed by atoms with Crippen molar-refractivity contribution in [2.24, 2.45) is 5.41 Å². The van der Waals surface area contributed by atoms with Crippen LogP contribution in [0.1, 0.15) is 26.3 Å². The molecule has 0 unspecified atom stereocenters. The topological polar surface area (TPSA) is 122 Å². The molecule has 0 saturated heterocycles. The predicted molar refractivity (Wildman–Crippen MR) is 157 cm³/mol. The Labute approximate surface area is 237 Å². The first-order chi connectivity index (χ1) is 19.5. The van der Waals surface area contributed by atoms with Crippen molar-refractivity contribution in [2.75, 3.05) is 24.8 Å². The Balaban J connectivity index is 1.70. The van der Waals surface area contributed by atoms with Gasteiger partial charge in [-0.25, -0.2) is 9.37 Å². The summed E-state index contributed by atoms with van der Waals surface area (Å²) in [5.74, 6) is -0.754. The molecule has 0 radical (unpaired) electrons. The minimum Gasteiger partial charge on any atom is -0.494 e. The smallest absolute Gasteiger partial charge is 0.265 e. The standard InChI is InChI=1S/C31H31FN6O3/c1-31(2,3)16-21(17-33)28(39)36-22-9-6-8-19(14-22)12-13-38-27-20(18-35-30(34-4)37-27)15-24(29(38)40)23-10-7-11-25(41-5)26(23)32/h6-11,14-16,18H,12-13H2,1-5H3,(H,36,39)(H,34,35,37). The summed E-state index contributed by atoms with van der Waals surface area (Å²) in [5.41, 5.74) is 1.31. The lowest BCUT2D eigenvalue weighted by Gasteiger charge is -2.15. The summed E-state index contributed by atoms with van der Waals surface area (Å²) < 4.78 is 21.8. The number of carbonyl (C=O) groups excluding carboxylic acids is 1. The predicted octanol–water partition coefficient (Wildman–Crippen LogP) is 5.33. The van der Waals surface area contributed by atoms with E-state index in [4.69, 9.17) is 4.74 Å². The summed E-state index contributed by atoms with van der Waals surface area (Å²) >= 11 is 0. The second kappa shape index (κ2) is 12.0. The Morgan fingerprint density at radius 1 is 1.17 bits per heavy atom. The van der Waals surface area contributed by atoms with Crippen molar-refractivity contribution in [2.45, 2.75) is 33.7 Å². The van der Waals surface area contributed by atoms with Gasteiger partial charge < -0.3 is 15.4 Å².